The lowest BCUT2D eigenvalue weighted by atomic mass is 10.1. The molecule has 1 heterocycles. The zero-order chi connectivity index (χ0) is 25.2. The maximum atomic E-state index is 13.3. The van der Waals surface area contributed by atoms with E-state index in [1.165, 1.54) is 0 Å². The summed E-state index contributed by atoms with van der Waals surface area (Å²) in [7, 11) is -3.56. The second-order valence-corrected chi connectivity index (χ2v) is 11.4. The molecule has 4 rings (SSSR count). The molecule has 9 heteroatoms. The van der Waals surface area contributed by atoms with Crippen LogP contribution in [0, 0.1) is 20.8 Å². The number of aryl methyl sites for hydroxylation is 3. The van der Waals surface area contributed by atoms with Gasteiger partial charge in [-0.05, 0) is 56.9 Å². The molecular formula is C26H34N4O4S. The number of hydrogen-bond donors (Lipinski definition) is 2. The Kier molecular flexibility index (Phi) is 7.59. The number of benzene rings is 2. The molecule has 1 saturated carbocycles. The van der Waals surface area contributed by atoms with Gasteiger partial charge in [-0.3, -0.25) is 9.59 Å². The average molecular weight is 499 g/mol. The van der Waals surface area contributed by atoms with Crippen molar-refractivity contribution >= 4 is 27.5 Å². The van der Waals surface area contributed by atoms with Gasteiger partial charge in [-0.2, -0.15) is 4.31 Å². The standard InChI is InChI=1S/C26H34N4O4S/c1-18-16-19(2)25(20(3)17-18)35(33,34)30-14-12-29(13-15-30)11-10-24(31)28-23-7-5-4-6-22(23)26(32)27-21-8-9-21/h4-7,16-17,21H,8-15H2,1-3H3,(H,27,32)(H,28,31). The van der Waals surface area contributed by atoms with Crippen molar-refractivity contribution in [3.63, 3.8) is 0 Å². The monoisotopic (exact) mass is 498 g/mol. The van der Waals surface area contributed by atoms with Crippen LogP contribution in [0.5, 0.6) is 0 Å². The lowest BCUT2D eigenvalue weighted by molar-refractivity contribution is -0.116. The number of rotatable bonds is 8. The number of sulfonamides is 1. The number of piperazine rings is 1. The number of carbonyl (C=O) groups is 2. The number of hydrogen-bond acceptors (Lipinski definition) is 5. The summed E-state index contributed by atoms with van der Waals surface area (Å²) in [5.74, 6) is -0.336. The van der Waals surface area contributed by atoms with Gasteiger partial charge >= 0.3 is 0 Å². The summed E-state index contributed by atoms with van der Waals surface area (Å²) in [6.45, 7) is 8.09. The first-order valence-corrected chi connectivity index (χ1v) is 13.6. The smallest absolute Gasteiger partial charge is 0.253 e. The zero-order valence-corrected chi connectivity index (χ0v) is 21.5. The third-order valence-corrected chi connectivity index (χ3v) is 8.75. The van der Waals surface area contributed by atoms with Crippen LogP contribution >= 0.6 is 0 Å². The molecule has 0 atom stereocenters. The minimum atomic E-state index is -3.56. The highest BCUT2D eigenvalue weighted by Gasteiger charge is 2.31. The predicted octanol–water partition coefficient (Wildman–Crippen LogP) is 2.84. The Balaban J connectivity index is 1.29. The molecule has 35 heavy (non-hydrogen) atoms. The molecule has 0 aromatic heterocycles. The molecule has 0 spiro atoms. The second-order valence-electron chi connectivity index (χ2n) is 9.57. The molecule has 2 amide bonds. The second kappa shape index (κ2) is 10.5. The van der Waals surface area contributed by atoms with Crippen molar-refractivity contribution in [2.45, 2.75) is 51.0 Å². The molecule has 0 radical (unpaired) electrons. The molecule has 1 aliphatic heterocycles. The van der Waals surface area contributed by atoms with Crippen molar-refractivity contribution in [3.8, 4) is 0 Å². The van der Waals surface area contributed by atoms with Gasteiger partial charge < -0.3 is 15.5 Å². The van der Waals surface area contributed by atoms with Gasteiger partial charge in [0.2, 0.25) is 15.9 Å². The van der Waals surface area contributed by atoms with E-state index >= 15 is 0 Å². The number of nitrogens with one attached hydrogen (secondary N) is 2. The van der Waals surface area contributed by atoms with Crippen molar-refractivity contribution in [1.82, 2.24) is 14.5 Å². The number of carbonyl (C=O) groups excluding carboxylic acids is 2. The van der Waals surface area contributed by atoms with Crippen LogP contribution in [0.15, 0.2) is 41.3 Å². The maximum absolute atomic E-state index is 13.3. The SMILES string of the molecule is Cc1cc(C)c(S(=O)(=O)N2CCN(CCC(=O)Nc3ccccc3C(=O)NC3CC3)CC2)c(C)c1. The number of amides is 2. The van der Waals surface area contributed by atoms with Crippen molar-refractivity contribution < 1.29 is 18.0 Å². The Morgan fingerprint density at radius 2 is 1.60 bits per heavy atom. The quantitative estimate of drug-likeness (QED) is 0.583. The van der Waals surface area contributed by atoms with Crippen molar-refractivity contribution in [2.24, 2.45) is 0 Å². The van der Waals surface area contributed by atoms with Gasteiger partial charge in [0.15, 0.2) is 0 Å². The number of nitrogens with zero attached hydrogens (tertiary/aromatic N) is 2. The molecule has 1 aliphatic carbocycles. The van der Waals surface area contributed by atoms with E-state index in [0.717, 1.165) is 29.5 Å². The van der Waals surface area contributed by atoms with E-state index in [1.807, 2.05) is 32.9 Å². The fraction of sp³-hybridized carbons (Fsp3) is 0.462. The third kappa shape index (κ3) is 6.09. The zero-order valence-electron chi connectivity index (χ0n) is 20.6. The summed E-state index contributed by atoms with van der Waals surface area (Å²) in [6, 6.07) is 11.1. The van der Waals surface area contributed by atoms with Gasteiger partial charge in [0.1, 0.15) is 0 Å². The van der Waals surface area contributed by atoms with Gasteiger partial charge in [0.25, 0.3) is 5.91 Å². The molecule has 2 N–H and O–H groups in total. The molecule has 1 saturated heterocycles. The van der Waals surface area contributed by atoms with E-state index in [2.05, 4.69) is 15.5 Å². The summed E-state index contributed by atoms with van der Waals surface area (Å²) in [5, 5.41) is 5.82. The van der Waals surface area contributed by atoms with Gasteiger partial charge in [-0.25, -0.2) is 8.42 Å². The Morgan fingerprint density at radius 1 is 0.971 bits per heavy atom. The van der Waals surface area contributed by atoms with Crippen LogP contribution in [0.25, 0.3) is 0 Å². The summed E-state index contributed by atoms with van der Waals surface area (Å²) < 4.78 is 28.1. The van der Waals surface area contributed by atoms with Gasteiger partial charge in [0.05, 0.1) is 16.1 Å². The molecule has 2 fully saturated rings. The molecule has 0 bridgehead atoms. The van der Waals surface area contributed by atoms with E-state index in [9.17, 15) is 18.0 Å². The molecule has 0 unspecified atom stereocenters. The number of para-hydroxylation sites is 1. The van der Waals surface area contributed by atoms with Crippen LogP contribution < -0.4 is 10.6 Å². The Hall–Kier alpha value is -2.75. The van der Waals surface area contributed by atoms with Crippen LogP contribution in [-0.2, 0) is 14.8 Å². The van der Waals surface area contributed by atoms with E-state index < -0.39 is 10.0 Å². The highest BCUT2D eigenvalue weighted by Crippen LogP contribution is 2.26. The minimum Gasteiger partial charge on any atom is -0.349 e. The molecule has 2 aromatic carbocycles. The minimum absolute atomic E-state index is 0.167. The van der Waals surface area contributed by atoms with E-state index in [1.54, 1.807) is 28.6 Å². The van der Waals surface area contributed by atoms with Crippen molar-refractivity contribution in [1.29, 1.82) is 0 Å². The van der Waals surface area contributed by atoms with E-state index in [0.29, 0.717) is 48.9 Å². The number of anilines is 1. The summed E-state index contributed by atoms with van der Waals surface area (Å²) in [5.41, 5.74) is 3.57. The third-order valence-electron chi connectivity index (χ3n) is 6.55. The first-order chi connectivity index (χ1) is 16.6. The lowest BCUT2D eigenvalue weighted by Gasteiger charge is -2.34. The molecule has 2 aliphatic rings. The van der Waals surface area contributed by atoms with Crippen LogP contribution in [0.3, 0.4) is 0 Å². The molecule has 8 nitrogen and oxygen atoms in total. The Bertz CT molecular complexity index is 1190. The topological polar surface area (TPSA) is 98.8 Å². The Labute approximate surface area is 207 Å². The van der Waals surface area contributed by atoms with Crippen LogP contribution in [0.2, 0.25) is 0 Å². The van der Waals surface area contributed by atoms with Gasteiger partial charge in [-0.15, -0.1) is 0 Å². The van der Waals surface area contributed by atoms with Crippen LogP contribution in [-0.4, -0.2) is 68.2 Å². The normalized spacial score (nSPS) is 17.2. The highest BCUT2D eigenvalue weighted by molar-refractivity contribution is 7.89. The largest absolute Gasteiger partial charge is 0.349 e. The van der Waals surface area contributed by atoms with Crippen molar-refractivity contribution in [2.75, 3.05) is 38.0 Å². The highest BCUT2D eigenvalue weighted by atomic mass is 32.2. The first kappa shape index (κ1) is 25.3. The molecule has 188 valence electrons. The molecule has 2 aromatic rings. The fourth-order valence-corrected chi connectivity index (χ4v) is 6.48. The summed E-state index contributed by atoms with van der Waals surface area (Å²) in [6.07, 6.45) is 2.26. The predicted molar refractivity (Wildman–Crippen MR) is 136 cm³/mol. The van der Waals surface area contributed by atoms with E-state index in [-0.39, 0.29) is 24.3 Å². The Morgan fingerprint density at radius 3 is 2.23 bits per heavy atom. The summed E-state index contributed by atoms with van der Waals surface area (Å²) >= 11 is 0. The van der Waals surface area contributed by atoms with Gasteiger partial charge in [0, 0.05) is 45.2 Å². The summed E-state index contributed by atoms with van der Waals surface area (Å²) in [4.78, 5) is 27.6. The average Bonchev–Trinajstić information content (AvgIpc) is 3.61. The van der Waals surface area contributed by atoms with Crippen LogP contribution in [0.4, 0.5) is 5.69 Å². The van der Waals surface area contributed by atoms with Crippen molar-refractivity contribution in [3.05, 3.63) is 58.7 Å². The molecular weight excluding hydrogens is 464 g/mol. The first-order valence-electron chi connectivity index (χ1n) is 12.2. The lowest BCUT2D eigenvalue weighted by Crippen LogP contribution is -2.49. The van der Waals surface area contributed by atoms with Gasteiger partial charge in [-0.1, -0.05) is 29.8 Å². The van der Waals surface area contributed by atoms with E-state index in [4.69, 9.17) is 0 Å². The van der Waals surface area contributed by atoms with Crippen LogP contribution in [0.1, 0.15) is 46.3 Å². The fourth-order valence-electron chi connectivity index (χ4n) is 4.65. The maximum Gasteiger partial charge on any atom is 0.253 e.